The Morgan fingerprint density at radius 3 is 2.65 bits per heavy atom. The molecule has 0 atom stereocenters. The minimum atomic E-state index is -0.392. The number of rotatable bonds is 4. The maximum atomic E-state index is 11.0. The minimum Gasteiger partial charge on any atom is -0.380 e. The molecule has 0 spiro atoms. The maximum Gasteiger partial charge on any atom is 0.274 e. The van der Waals surface area contributed by atoms with E-state index >= 15 is 0 Å². The Morgan fingerprint density at radius 1 is 1.20 bits per heavy atom. The molecule has 0 aromatic heterocycles. The average molecular weight is 291 g/mol. The summed E-state index contributed by atoms with van der Waals surface area (Å²) < 4.78 is 0. The predicted molar refractivity (Wildman–Crippen MR) is 81.3 cm³/mol. The lowest BCUT2D eigenvalue weighted by Crippen LogP contribution is -2.04. The number of nitrogens with zero attached hydrogens (tertiary/aromatic N) is 1. The van der Waals surface area contributed by atoms with E-state index in [1.807, 2.05) is 32.0 Å². The fourth-order valence-electron chi connectivity index (χ4n) is 1.99. The van der Waals surface area contributed by atoms with Gasteiger partial charge in [-0.25, -0.2) is 0 Å². The van der Waals surface area contributed by atoms with Crippen molar-refractivity contribution in [2.24, 2.45) is 0 Å². The molecule has 5 heteroatoms. The van der Waals surface area contributed by atoms with Crippen molar-refractivity contribution in [3.05, 3.63) is 68.2 Å². The smallest absolute Gasteiger partial charge is 0.274 e. The van der Waals surface area contributed by atoms with Crippen LogP contribution in [0.5, 0.6) is 0 Å². The van der Waals surface area contributed by atoms with Crippen LogP contribution in [0.1, 0.15) is 16.7 Å². The predicted octanol–water partition coefficient (Wildman–Crippen LogP) is 4.48. The Kier molecular flexibility index (Phi) is 4.25. The van der Waals surface area contributed by atoms with Crippen LogP contribution in [0.2, 0.25) is 5.02 Å². The zero-order chi connectivity index (χ0) is 14.7. The lowest BCUT2D eigenvalue weighted by atomic mass is 10.1. The summed E-state index contributed by atoms with van der Waals surface area (Å²) in [5, 5.41) is 14.7. The molecular formula is C15H15ClN2O2. The van der Waals surface area contributed by atoms with Gasteiger partial charge >= 0.3 is 0 Å². The molecule has 0 amide bonds. The Labute approximate surface area is 122 Å². The van der Waals surface area contributed by atoms with E-state index in [2.05, 4.69) is 5.32 Å². The summed E-state index contributed by atoms with van der Waals surface area (Å²) in [7, 11) is 0. The van der Waals surface area contributed by atoms with Crippen molar-refractivity contribution in [1.82, 2.24) is 0 Å². The van der Waals surface area contributed by atoms with Gasteiger partial charge < -0.3 is 5.32 Å². The summed E-state index contributed by atoms with van der Waals surface area (Å²) in [6, 6.07) is 10.7. The van der Waals surface area contributed by atoms with Crippen molar-refractivity contribution in [1.29, 1.82) is 0 Å². The lowest BCUT2D eigenvalue weighted by molar-refractivity contribution is -0.385. The molecule has 104 valence electrons. The van der Waals surface area contributed by atoms with E-state index in [-0.39, 0.29) is 5.69 Å². The molecule has 2 aromatic carbocycles. The van der Waals surface area contributed by atoms with E-state index in [1.54, 1.807) is 6.07 Å². The summed E-state index contributed by atoms with van der Waals surface area (Å²) in [6.07, 6.45) is 0. The molecule has 1 N–H and O–H groups in total. The molecule has 4 nitrogen and oxygen atoms in total. The number of aryl methyl sites for hydroxylation is 2. The quantitative estimate of drug-likeness (QED) is 0.667. The first-order chi connectivity index (χ1) is 9.47. The monoisotopic (exact) mass is 290 g/mol. The summed E-state index contributed by atoms with van der Waals surface area (Å²) in [5.41, 5.74) is 3.86. The van der Waals surface area contributed by atoms with Crippen LogP contribution in [0.25, 0.3) is 0 Å². The number of hydrogen-bond donors (Lipinski definition) is 1. The summed E-state index contributed by atoms with van der Waals surface area (Å²) in [4.78, 5) is 10.6. The van der Waals surface area contributed by atoms with Crippen LogP contribution in [0.4, 0.5) is 11.4 Å². The third-order valence-corrected chi connectivity index (χ3v) is 3.34. The van der Waals surface area contributed by atoms with Crippen LogP contribution in [0.3, 0.4) is 0 Å². The van der Waals surface area contributed by atoms with Gasteiger partial charge in [0.15, 0.2) is 0 Å². The fourth-order valence-corrected chi connectivity index (χ4v) is 2.19. The van der Waals surface area contributed by atoms with Crippen LogP contribution in [0, 0.1) is 24.0 Å². The molecule has 0 saturated heterocycles. The normalized spacial score (nSPS) is 10.3. The van der Waals surface area contributed by atoms with E-state index < -0.39 is 4.92 Å². The molecule has 2 rings (SSSR count). The van der Waals surface area contributed by atoms with E-state index in [4.69, 9.17) is 11.6 Å². The van der Waals surface area contributed by atoms with Crippen LogP contribution < -0.4 is 5.32 Å². The zero-order valence-electron chi connectivity index (χ0n) is 11.3. The Morgan fingerprint density at radius 2 is 1.95 bits per heavy atom. The summed E-state index contributed by atoms with van der Waals surface area (Å²) in [6.45, 7) is 4.36. The topological polar surface area (TPSA) is 55.2 Å². The van der Waals surface area contributed by atoms with Gasteiger partial charge in [-0.15, -0.1) is 0 Å². The van der Waals surface area contributed by atoms with Crippen molar-refractivity contribution < 1.29 is 4.92 Å². The third kappa shape index (κ3) is 3.27. The number of benzene rings is 2. The molecule has 0 radical (unpaired) electrons. The SMILES string of the molecule is Cc1ccc(C)c(NCc2cc(Cl)ccc2[N+](=O)[O-])c1. The highest BCUT2D eigenvalue weighted by Gasteiger charge is 2.13. The Balaban J connectivity index is 2.24. The summed E-state index contributed by atoms with van der Waals surface area (Å²) >= 11 is 5.91. The van der Waals surface area contributed by atoms with Gasteiger partial charge in [0.1, 0.15) is 0 Å². The van der Waals surface area contributed by atoms with Crippen molar-refractivity contribution in [2.75, 3.05) is 5.32 Å². The van der Waals surface area contributed by atoms with Crippen LogP contribution in [-0.4, -0.2) is 4.92 Å². The Hall–Kier alpha value is -2.07. The van der Waals surface area contributed by atoms with Gasteiger partial charge in [0.2, 0.25) is 0 Å². The van der Waals surface area contributed by atoms with E-state index in [0.29, 0.717) is 17.1 Å². The lowest BCUT2D eigenvalue weighted by Gasteiger charge is -2.11. The van der Waals surface area contributed by atoms with Gasteiger partial charge in [-0.1, -0.05) is 23.7 Å². The highest BCUT2D eigenvalue weighted by atomic mass is 35.5. The molecule has 20 heavy (non-hydrogen) atoms. The van der Waals surface area contributed by atoms with E-state index in [9.17, 15) is 10.1 Å². The highest BCUT2D eigenvalue weighted by Crippen LogP contribution is 2.24. The van der Waals surface area contributed by atoms with Gasteiger partial charge in [0, 0.05) is 23.3 Å². The molecule has 0 aliphatic heterocycles. The molecule has 0 unspecified atom stereocenters. The minimum absolute atomic E-state index is 0.0761. The Bertz CT molecular complexity index is 656. The van der Waals surface area contributed by atoms with Crippen molar-refractivity contribution in [3.8, 4) is 0 Å². The van der Waals surface area contributed by atoms with Crippen LogP contribution >= 0.6 is 11.6 Å². The largest absolute Gasteiger partial charge is 0.380 e. The van der Waals surface area contributed by atoms with Crippen molar-refractivity contribution >= 4 is 23.0 Å². The number of nitro groups is 1. The molecular weight excluding hydrogens is 276 g/mol. The van der Waals surface area contributed by atoms with Gasteiger partial charge in [-0.05, 0) is 43.2 Å². The number of anilines is 1. The zero-order valence-corrected chi connectivity index (χ0v) is 12.1. The standard InChI is InChI=1S/C15H15ClN2O2/c1-10-3-4-11(2)14(7-10)17-9-12-8-13(16)5-6-15(12)18(19)20/h3-8,17H,9H2,1-2H3. The van der Waals surface area contributed by atoms with Gasteiger partial charge in [0.25, 0.3) is 5.69 Å². The van der Waals surface area contributed by atoms with Gasteiger partial charge in [-0.3, -0.25) is 10.1 Å². The second-order valence-corrected chi connectivity index (χ2v) is 5.14. The first kappa shape index (κ1) is 14.3. The first-order valence-electron chi connectivity index (χ1n) is 6.21. The van der Waals surface area contributed by atoms with E-state index in [1.165, 1.54) is 12.1 Å². The van der Waals surface area contributed by atoms with Crippen molar-refractivity contribution in [3.63, 3.8) is 0 Å². The number of nitro benzene ring substituents is 1. The van der Waals surface area contributed by atoms with Crippen molar-refractivity contribution in [2.45, 2.75) is 20.4 Å². The highest BCUT2D eigenvalue weighted by molar-refractivity contribution is 6.30. The van der Waals surface area contributed by atoms with Gasteiger partial charge in [0.05, 0.1) is 10.5 Å². The van der Waals surface area contributed by atoms with Crippen LogP contribution in [-0.2, 0) is 6.54 Å². The number of hydrogen-bond acceptors (Lipinski definition) is 3. The molecule has 0 bridgehead atoms. The molecule has 0 aliphatic rings. The second kappa shape index (κ2) is 5.92. The second-order valence-electron chi connectivity index (χ2n) is 4.70. The number of nitrogens with one attached hydrogen (secondary N) is 1. The third-order valence-electron chi connectivity index (χ3n) is 3.10. The van der Waals surface area contributed by atoms with Crippen LogP contribution in [0.15, 0.2) is 36.4 Å². The molecule has 0 fully saturated rings. The van der Waals surface area contributed by atoms with E-state index in [0.717, 1.165) is 16.8 Å². The first-order valence-corrected chi connectivity index (χ1v) is 6.59. The average Bonchev–Trinajstić information content (AvgIpc) is 2.39. The molecule has 2 aromatic rings. The maximum absolute atomic E-state index is 11.0. The molecule has 0 saturated carbocycles. The molecule has 0 aliphatic carbocycles. The molecule has 0 heterocycles. The fraction of sp³-hybridized carbons (Fsp3) is 0.200. The number of halogens is 1. The summed E-state index contributed by atoms with van der Waals surface area (Å²) in [5.74, 6) is 0. The van der Waals surface area contributed by atoms with Gasteiger partial charge in [-0.2, -0.15) is 0 Å².